The molecule has 0 radical (unpaired) electrons. The van der Waals surface area contributed by atoms with Crippen LogP contribution in [0.25, 0.3) is 0 Å². The Bertz CT molecular complexity index is 303. The van der Waals surface area contributed by atoms with Gasteiger partial charge >= 0.3 is 0 Å². The summed E-state index contributed by atoms with van der Waals surface area (Å²) in [6.45, 7) is 0.249. The molecule has 7 heteroatoms. The van der Waals surface area contributed by atoms with Crippen LogP contribution in [0.3, 0.4) is 0 Å². The molecule has 0 aliphatic heterocycles. The largest absolute Gasteiger partial charge is 0.252 e. The molecule has 2 N–H and O–H groups in total. The standard InChI is InChI=1S/C4H8N4O2S/c5-11(9,10)4-3-8-2-1-6-7-8/h1-2H,3-4H2,(H2,5,9,10). The van der Waals surface area contributed by atoms with Crippen LogP contribution in [0, 0.1) is 0 Å². The minimum Gasteiger partial charge on any atom is -0.252 e. The quantitative estimate of drug-likeness (QED) is 0.611. The van der Waals surface area contributed by atoms with Gasteiger partial charge in [0.1, 0.15) is 0 Å². The zero-order valence-corrected chi connectivity index (χ0v) is 6.53. The van der Waals surface area contributed by atoms with Crippen molar-refractivity contribution in [3.05, 3.63) is 12.4 Å². The lowest BCUT2D eigenvalue weighted by molar-refractivity contribution is 0.576. The van der Waals surface area contributed by atoms with E-state index in [9.17, 15) is 8.42 Å². The Balaban J connectivity index is 2.48. The molecule has 1 heterocycles. The van der Waals surface area contributed by atoms with Gasteiger partial charge in [0.15, 0.2) is 0 Å². The van der Waals surface area contributed by atoms with Gasteiger partial charge in [-0.3, -0.25) is 4.68 Å². The van der Waals surface area contributed by atoms with Crippen LogP contribution in [-0.2, 0) is 16.6 Å². The van der Waals surface area contributed by atoms with E-state index in [0.29, 0.717) is 0 Å². The topological polar surface area (TPSA) is 90.9 Å². The maximum Gasteiger partial charge on any atom is 0.210 e. The number of rotatable bonds is 3. The first kappa shape index (κ1) is 8.15. The predicted octanol–water partition coefficient (Wildman–Crippen LogP) is -1.43. The summed E-state index contributed by atoms with van der Waals surface area (Å²) in [6, 6.07) is 0. The van der Waals surface area contributed by atoms with Gasteiger partial charge in [0, 0.05) is 6.20 Å². The van der Waals surface area contributed by atoms with Crippen LogP contribution in [0.4, 0.5) is 0 Å². The van der Waals surface area contributed by atoms with Crippen molar-refractivity contribution in [1.82, 2.24) is 15.0 Å². The summed E-state index contributed by atoms with van der Waals surface area (Å²) in [4.78, 5) is 0. The molecule has 0 aromatic carbocycles. The smallest absolute Gasteiger partial charge is 0.210 e. The van der Waals surface area contributed by atoms with E-state index >= 15 is 0 Å². The number of aryl methyl sites for hydroxylation is 1. The Morgan fingerprint density at radius 2 is 2.27 bits per heavy atom. The minimum absolute atomic E-state index is 0.115. The van der Waals surface area contributed by atoms with Crippen LogP contribution >= 0.6 is 0 Å². The molecule has 1 aromatic rings. The molecule has 0 aliphatic carbocycles. The molecular formula is C4H8N4O2S. The van der Waals surface area contributed by atoms with Crippen molar-refractivity contribution in [2.24, 2.45) is 5.14 Å². The van der Waals surface area contributed by atoms with E-state index in [2.05, 4.69) is 10.3 Å². The second-order valence-corrected chi connectivity index (χ2v) is 3.77. The highest BCUT2D eigenvalue weighted by Crippen LogP contribution is 1.84. The molecule has 6 nitrogen and oxygen atoms in total. The third kappa shape index (κ3) is 3.10. The molecule has 0 aliphatic rings. The second-order valence-electron chi connectivity index (χ2n) is 2.03. The molecule has 0 amide bonds. The van der Waals surface area contributed by atoms with Crippen molar-refractivity contribution in [2.45, 2.75) is 6.54 Å². The summed E-state index contributed by atoms with van der Waals surface area (Å²) < 4.78 is 22.3. The third-order valence-electron chi connectivity index (χ3n) is 1.08. The molecule has 0 bridgehead atoms. The van der Waals surface area contributed by atoms with Gasteiger partial charge in [0.25, 0.3) is 0 Å². The van der Waals surface area contributed by atoms with Crippen molar-refractivity contribution in [3.63, 3.8) is 0 Å². The van der Waals surface area contributed by atoms with Crippen LogP contribution in [-0.4, -0.2) is 29.2 Å². The Labute approximate surface area is 64.1 Å². The summed E-state index contributed by atoms with van der Waals surface area (Å²) in [6.07, 6.45) is 3.05. The Morgan fingerprint density at radius 3 is 2.73 bits per heavy atom. The maximum absolute atomic E-state index is 10.4. The maximum atomic E-state index is 10.4. The molecule has 1 aromatic heterocycles. The Hall–Kier alpha value is -0.950. The van der Waals surface area contributed by atoms with Gasteiger partial charge in [-0.05, 0) is 0 Å². The van der Waals surface area contributed by atoms with E-state index in [0.717, 1.165) is 0 Å². The summed E-state index contributed by atoms with van der Waals surface area (Å²) in [5.74, 6) is -0.115. The molecule has 0 spiro atoms. The number of nitrogens with two attached hydrogens (primary N) is 1. The summed E-state index contributed by atoms with van der Waals surface area (Å²) in [5.41, 5.74) is 0. The summed E-state index contributed by atoms with van der Waals surface area (Å²) in [5, 5.41) is 11.8. The van der Waals surface area contributed by atoms with Crippen LogP contribution in [0.2, 0.25) is 0 Å². The van der Waals surface area contributed by atoms with Crippen molar-refractivity contribution >= 4 is 10.0 Å². The van der Waals surface area contributed by atoms with Crippen LogP contribution in [0.15, 0.2) is 12.4 Å². The van der Waals surface area contributed by atoms with E-state index in [1.807, 2.05) is 0 Å². The van der Waals surface area contributed by atoms with Gasteiger partial charge in [0.05, 0.1) is 18.5 Å². The van der Waals surface area contributed by atoms with Crippen LogP contribution < -0.4 is 5.14 Å². The number of sulfonamides is 1. The van der Waals surface area contributed by atoms with Crippen molar-refractivity contribution in [1.29, 1.82) is 0 Å². The number of hydrogen-bond acceptors (Lipinski definition) is 4. The lowest BCUT2D eigenvalue weighted by Gasteiger charge is -1.96. The minimum atomic E-state index is -3.39. The Kier molecular flexibility index (Phi) is 2.20. The molecule has 1 rings (SSSR count). The molecular weight excluding hydrogens is 168 g/mol. The molecule has 62 valence electrons. The Morgan fingerprint density at radius 1 is 1.55 bits per heavy atom. The molecule has 0 unspecified atom stereocenters. The number of hydrogen-bond donors (Lipinski definition) is 1. The van der Waals surface area contributed by atoms with Gasteiger partial charge in [-0.2, -0.15) is 0 Å². The first-order valence-corrected chi connectivity index (χ1v) is 4.64. The fourth-order valence-corrected chi connectivity index (χ4v) is 1.01. The molecule has 0 saturated heterocycles. The normalized spacial score (nSPS) is 11.7. The highest BCUT2D eigenvalue weighted by Gasteiger charge is 2.02. The lowest BCUT2D eigenvalue weighted by Crippen LogP contribution is -2.20. The SMILES string of the molecule is NS(=O)(=O)CCn1ccnn1. The highest BCUT2D eigenvalue weighted by molar-refractivity contribution is 7.89. The van der Waals surface area contributed by atoms with Crippen molar-refractivity contribution in [3.8, 4) is 0 Å². The van der Waals surface area contributed by atoms with Gasteiger partial charge < -0.3 is 0 Å². The molecule has 0 atom stereocenters. The number of nitrogens with zero attached hydrogens (tertiary/aromatic N) is 3. The first-order valence-electron chi connectivity index (χ1n) is 2.92. The monoisotopic (exact) mass is 176 g/mol. The fourth-order valence-electron chi connectivity index (χ4n) is 0.573. The first-order chi connectivity index (χ1) is 5.08. The lowest BCUT2D eigenvalue weighted by atomic mass is 10.7. The fraction of sp³-hybridized carbons (Fsp3) is 0.500. The van der Waals surface area contributed by atoms with Crippen molar-refractivity contribution in [2.75, 3.05) is 5.75 Å². The van der Waals surface area contributed by atoms with Gasteiger partial charge in [-0.1, -0.05) is 5.21 Å². The predicted molar refractivity (Wildman–Crippen MR) is 38.0 cm³/mol. The second kappa shape index (κ2) is 2.97. The molecule has 0 saturated carbocycles. The molecule has 11 heavy (non-hydrogen) atoms. The zero-order chi connectivity index (χ0) is 8.32. The van der Waals surface area contributed by atoms with Crippen LogP contribution in [0.1, 0.15) is 0 Å². The van der Waals surface area contributed by atoms with E-state index in [-0.39, 0.29) is 12.3 Å². The average molecular weight is 176 g/mol. The van der Waals surface area contributed by atoms with E-state index in [1.165, 1.54) is 10.9 Å². The van der Waals surface area contributed by atoms with E-state index < -0.39 is 10.0 Å². The summed E-state index contributed by atoms with van der Waals surface area (Å²) in [7, 11) is -3.39. The van der Waals surface area contributed by atoms with Gasteiger partial charge in [-0.25, -0.2) is 13.6 Å². The third-order valence-corrected chi connectivity index (χ3v) is 1.83. The molecule has 0 fully saturated rings. The average Bonchev–Trinajstić information content (AvgIpc) is 2.32. The van der Waals surface area contributed by atoms with E-state index in [1.54, 1.807) is 6.20 Å². The number of aromatic nitrogens is 3. The van der Waals surface area contributed by atoms with Gasteiger partial charge in [-0.15, -0.1) is 5.10 Å². The van der Waals surface area contributed by atoms with E-state index in [4.69, 9.17) is 5.14 Å². The highest BCUT2D eigenvalue weighted by atomic mass is 32.2. The van der Waals surface area contributed by atoms with Crippen molar-refractivity contribution < 1.29 is 8.42 Å². The zero-order valence-electron chi connectivity index (χ0n) is 5.71. The van der Waals surface area contributed by atoms with Crippen LogP contribution in [0.5, 0.6) is 0 Å². The number of primary sulfonamides is 1. The van der Waals surface area contributed by atoms with Gasteiger partial charge in [0.2, 0.25) is 10.0 Å². The summed E-state index contributed by atoms with van der Waals surface area (Å²) >= 11 is 0.